The third kappa shape index (κ3) is 2.87. The highest BCUT2D eigenvalue weighted by molar-refractivity contribution is 5.92. The number of anilines is 1. The van der Waals surface area contributed by atoms with Gasteiger partial charge in [0.25, 0.3) is 0 Å². The molecule has 0 radical (unpaired) electrons. The lowest BCUT2D eigenvalue weighted by molar-refractivity contribution is -0.116. The SMILES string of the molecule is Cc1cc2ccccc2n1CC(=O)Nc1cccc(CO)c1. The molecule has 4 heteroatoms. The van der Waals surface area contributed by atoms with E-state index in [1.165, 1.54) is 0 Å². The van der Waals surface area contributed by atoms with Crippen LogP contribution >= 0.6 is 0 Å². The van der Waals surface area contributed by atoms with Gasteiger partial charge in [0.2, 0.25) is 5.91 Å². The van der Waals surface area contributed by atoms with E-state index in [9.17, 15) is 4.79 Å². The predicted octanol–water partition coefficient (Wildman–Crippen LogP) is 3.08. The van der Waals surface area contributed by atoms with Crippen LogP contribution in [-0.2, 0) is 17.9 Å². The number of nitrogens with one attached hydrogen (secondary N) is 1. The molecule has 4 nitrogen and oxygen atoms in total. The number of aliphatic hydroxyl groups is 1. The van der Waals surface area contributed by atoms with Crippen molar-refractivity contribution in [1.29, 1.82) is 0 Å². The Kier molecular flexibility index (Phi) is 3.94. The summed E-state index contributed by atoms with van der Waals surface area (Å²) in [5.41, 5.74) is 3.59. The molecule has 2 aromatic carbocycles. The van der Waals surface area contributed by atoms with Gasteiger partial charge in [-0.05, 0) is 42.1 Å². The number of aromatic nitrogens is 1. The van der Waals surface area contributed by atoms with Gasteiger partial charge in [-0.15, -0.1) is 0 Å². The van der Waals surface area contributed by atoms with Gasteiger partial charge in [-0.1, -0.05) is 30.3 Å². The maximum absolute atomic E-state index is 12.3. The number of carbonyl (C=O) groups is 1. The van der Waals surface area contributed by atoms with Crippen molar-refractivity contribution in [2.45, 2.75) is 20.1 Å². The number of rotatable bonds is 4. The van der Waals surface area contributed by atoms with E-state index in [1.807, 2.05) is 54.0 Å². The van der Waals surface area contributed by atoms with E-state index in [0.717, 1.165) is 22.2 Å². The molecular formula is C18H18N2O2. The number of amides is 1. The molecule has 0 saturated carbocycles. The van der Waals surface area contributed by atoms with Crippen LogP contribution in [0, 0.1) is 6.92 Å². The van der Waals surface area contributed by atoms with Crippen LogP contribution in [0.1, 0.15) is 11.3 Å². The van der Waals surface area contributed by atoms with Gasteiger partial charge in [0, 0.05) is 16.9 Å². The number of carbonyl (C=O) groups excluding carboxylic acids is 1. The predicted molar refractivity (Wildman–Crippen MR) is 87.7 cm³/mol. The molecule has 0 bridgehead atoms. The number of benzene rings is 2. The van der Waals surface area contributed by atoms with E-state index >= 15 is 0 Å². The molecule has 0 aliphatic carbocycles. The zero-order valence-electron chi connectivity index (χ0n) is 12.4. The van der Waals surface area contributed by atoms with Crippen LogP contribution < -0.4 is 5.32 Å². The number of aliphatic hydroxyl groups excluding tert-OH is 1. The van der Waals surface area contributed by atoms with Gasteiger partial charge in [0.1, 0.15) is 6.54 Å². The summed E-state index contributed by atoms with van der Waals surface area (Å²) >= 11 is 0. The molecule has 0 spiro atoms. The van der Waals surface area contributed by atoms with Crippen LogP contribution in [-0.4, -0.2) is 15.6 Å². The lowest BCUT2D eigenvalue weighted by Gasteiger charge is -2.10. The molecule has 3 aromatic rings. The minimum Gasteiger partial charge on any atom is -0.392 e. The van der Waals surface area contributed by atoms with Gasteiger partial charge in [0.05, 0.1) is 6.61 Å². The normalized spacial score (nSPS) is 10.8. The molecule has 1 amide bonds. The van der Waals surface area contributed by atoms with Gasteiger partial charge in [-0.3, -0.25) is 4.79 Å². The Labute approximate surface area is 129 Å². The fraction of sp³-hybridized carbons (Fsp3) is 0.167. The molecule has 112 valence electrons. The van der Waals surface area contributed by atoms with Gasteiger partial charge < -0.3 is 15.0 Å². The van der Waals surface area contributed by atoms with Crippen LogP contribution in [0.5, 0.6) is 0 Å². The number of nitrogens with zero attached hydrogens (tertiary/aromatic N) is 1. The van der Waals surface area contributed by atoms with Crippen molar-refractivity contribution in [1.82, 2.24) is 4.57 Å². The maximum atomic E-state index is 12.3. The summed E-state index contributed by atoms with van der Waals surface area (Å²) in [4.78, 5) is 12.3. The number of para-hydroxylation sites is 1. The van der Waals surface area contributed by atoms with Crippen LogP contribution in [0.15, 0.2) is 54.6 Å². The molecule has 1 heterocycles. The Balaban J connectivity index is 1.79. The van der Waals surface area contributed by atoms with Gasteiger partial charge in [0.15, 0.2) is 0 Å². The minimum absolute atomic E-state index is 0.0367. The third-order valence-electron chi connectivity index (χ3n) is 3.71. The topological polar surface area (TPSA) is 54.3 Å². The molecule has 22 heavy (non-hydrogen) atoms. The Morgan fingerprint density at radius 2 is 1.95 bits per heavy atom. The minimum atomic E-state index is -0.0838. The van der Waals surface area contributed by atoms with Crippen molar-refractivity contribution in [3.63, 3.8) is 0 Å². The Morgan fingerprint density at radius 1 is 1.14 bits per heavy atom. The summed E-state index contributed by atoms with van der Waals surface area (Å²) in [6.45, 7) is 2.23. The van der Waals surface area contributed by atoms with E-state index in [4.69, 9.17) is 5.11 Å². The summed E-state index contributed by atoms with van der Waals surface area (Å²) in [5, 5.41) is 13.2. The lowest BCUT2D eigenvalue weighted by atomic mass is 10.2. The number of fused-ring (bicyclic) bond motifs is 1. The highest BCUT2D eigenvalue weighted by Gasteiger charge is 2.09. The first-order valence-corrected chi connectivity index (χ1v) is 7.22. The van der Waals surface area contributed by atoms with Gasteiger partial charge >= 0.3 is 0 Å². The quantitative estimate of drug-likeness (QED) is 0.777. The molecule has 0 atom stereocenters. The first kappa shape index (κ1) is 14.4. The average Bonchev–Trinajstić information content (AvgIpc) is 2.83. The van der Waals surface area contributed by atoms with Crippen molar-refractivity contribution < 1.29 is 9.90 Å². The van der Waals surface area contributed by atoms with Gasteiger partial charge in [-0.2, -0.15) is 0 Å². The molecule has 3 rings (SSSR count). The van der Waals surface area contributed by atoms with E-state index < -0.39 is 0 Å². The highest BCUT2D eigenvalue weighted by Crippen LogP contribution is 2.19. The fourth-order valence-corrected chi connectivity index (χ4v) is 2.65. The fourth-order valence-electron chi connectivity index (χ4n) is 2.65. The van der Waals surface area contributed by atoms with E-state index in [-0.39, 0.29) is 19.1 Å². The average molecular weight is 294 g/mol. The standard InChI is InChI=1S/C18H18N2O2/c1-13-9-15-6-2-3-8-17(15)20(13)11-18(22)19-16-7-4-5-14(10-16)12-21/h2-10,21H,11-12H2,1H3,(H,19,22). The molecule has 0 aliphatic rings. The van der Waals surface area contributed by atoms with Crippen LogP contribution in [0.25, 0.3) is 10.9 Å². The zero-order valence-corrected chi connectivity index (χ0v) is 12.4. The van der Waals surface area contributed by atoms with Crippen molar-refractivity contribution >= 4 is 22.5 Å². The second-order valence-electron chi connectivity index (χ2n) is 5.34. The third-order valence-corrected chi connectivity index (χ3v) is 3.71. The lowest BCUT2D eigenvalue weighted by Crippen LogP contribution is -2.19. The summed E-state index contributed by atoms with van der Waals surface area (Å²) in [7, 11) is 0. The number of hydrogen-bond donors (Lipinski definition) is 2. The van der Waals surface area contributed by atoms with Crippen LogP contribution in [0.3, 0.4) is 0 Å². The molecule has 0 fully saturated rings. The van der Waals surface area contributed by atoms with Gasteiger partial charge in [-0.25, -0.2) is 0 Å². The smallest absolute Gasteiger partial charge is 0.244 e. The van der Waals surface area contributed by atoms with Crippen molar-refractivity contribution in [2.24, 2.45) is 0 Å². The van der Waals surface area contributed by atoms with Crippen molar-refractivity contribution in [2.75, 3.05) is 5.32 Å². The maximum Gasteiger partial charge on any atom is 0.244 e. The molecule has 0 unspecified atom stereocenters. The number of aryl methyl sites for hydroxylation is 1. The largest absolute Gasteiger partial charge is 0.392 e. The Morgan fingerprint density at radius 3 is 2.77 bits per heavy atom. The molecular weight excluding hydrogens is 276 g/mol. The highest BCUT2D eigenvalue weighted by atomic mass is 16.3. The molecule has 2 N–H and O–H groups in total. The second-order valence-corrected chi connectivity index (χ2v) is 5.34. The van der Waals surface area contributed by atoms with Crippen molar-refractivity contribution in [3.05, 3.63) is 65.9 Å². The first-order chi connectivity index (χ1) is 10.7. The summed E-state index contributed by atoms with van der Waals surface area (Å²) < 4.78 is 2.00. The number of hydrogen-bond acceptors (Lipinski definition) is 2. The molecule has 0 aliphatic heterocycles. The van der Waals surface area contributed by atoms with E-state index in [1.54, 1.807) is 6.07 Å². The van der Waals surface area contributed by atoms with Crippen LogP contribution in [0.4, 0.5) is 5.69 Å². The summed E-state index contributed by atoms with van der Waals surface area (Å²) in [6.07, 6.45) is 0. The zero-order chi connectivity index (χ0) is 15.5. The second kappa shape index (κ2) is 6.03. The van der Waals surface area contributed by atoms with E-state index in [2.05, 4.69) is 11.4 Å². The summed E-state index contributed by atoms with van der Waals surface area (Å²) in [6, 6.07) is 17.3. The Bertz CT molecular complexity index is 821. The van der Waals surface area contributed by atoms with Crippen molar-refractivity contribution in [3.8, 4) is 0 Å². The Hall–Kier alpha value is -2.59. The summed E-state index contributed by atoms with van der Waals surface area (Å²) in [5.74, 6) is -0.0838. The van der Waals surface area contributed by atoms with E-state index in [0.29, 0.717) is 5.69 Å². The monoisotopic (exact) mass is 294 g/mol. The first-order valence-electron chi connectivity index (χ1n) is 7.22. The molecule has 1 aromatic heterocycles. The van der Waals surface area contributed by atoms with Crippen LogP contribution in [0.2, 0.25) is 0 Å². The molecule has 0 saturated heterocycles.